The zero-order valence-electron chi connectivity index (χ0n) is 12.1. The molecule has 0 aromatic carbocycles. The van der Waals surface area contributed by atoms with E-state index in [1.54, 1.807) is 12.3 Å². The molecule has 0 unspecified atom stereocenters. The Balaban J connectivity index is 1.73. The smallest absolute Gasteiger partial charge is 0.303 e. The highest BCUT2D eigenvalue weighted by atomic mass is 16.4. The van der Waals surface area contributed by atoms with Crippen molar-refractivity contribution < 1.29 is 9.90 Å². The molecule has 1 aliphatic carbocycles. The minimum absolute atomic E-state index is 0.120. The van der Waals surface area contributed by atoms with E-state index in [1.807, 2.05) is 0 Å². The van der Waals surface area contributed by atoms with Gasteiger partial charge in [-0.05, 0) is 32.1 Å². The third-order valence-corrected chi connectivity index (χ3v) is 4.54. The van der Waals surface area contributed by atoms with Gasteiger partial charge in [0.15, 0.2) is 0 Å². The van der Waals surface area contributed by atoms with E-state index in [0.29, 0.717) is 6.54 Å². The van der Waals surface area contributed by atoms with Gasteiger partial charge in [-0.2, -0.15) is 5.10 Å². The van der Waals surface area contributed by atoms with E-state index in [4.69, 9.17) is 5.11 Å². The molecule has 3 rings (SSSR count). The fourth-order valence-corrected chi connectivity index (χ4v) is 3.07. The van der Waals surface area contributed by atoms with Crippen molar-refractivity contribution >= 4 is 11.7 Å². The minimum Gasteiger partial charge on any atom is -0.481 e. The lowest BCUT2D eigenvalue weighted by molar-refractivity contribution is -0.138. The molecule has 0 amide bonds. The van der Waals surface area contributed by atoms with E-state index in [0.717, 1.165) is 44.5 Å². The lowest BCUT2D eigenvalue weighted by Crippen LogP contribution is -2.33. The summed E-state index contributed by atoms with van der Waals surface area (Å²) >= 11 is 0. The average molecular weight is 291 g/mol. The van der Waals surface area contributed by atoms with Crippen molar-refractivity contribution in [3.05, 3.63) is 22.6 Å². The molecule has 1 aromatic heterocycles. The molecule has 114 valence electrons. The number of rotatable bonds is 5. The molecule has 0 bridgehead atoms. The lowest BCUT2D eigenvalue weighted by atomic mass is 10.0. The van der Waals surface area contributed by atoms with Gasteiger partial charge in [0, 0.05) is 24.6 Å². The monoisotopic (exact) mass is 291 g/mol. The Morgan fingerprint density at radius 2 is 2.00 bits per heavy atom. The van der Waals surface area contributed by atoms with Crippen molar-refractivity contribution in [1.29, 1.82) is 0 Å². The van der Waals surface area contributed by atoms with E-state index in [9.17, 15) is 9.59 Å². The van der Waals surface area contributed by atoms with Crippen LogP contribution in [0, 0.1) is 5.41 Å². The number of aromatic nitrogens is 2. The molecular formula is C15H21N3O3. The number of carbonyl (C=O) groups is 1. The number of nitrogens with zero attached hydrogens (tertiary/aromatic N) is 3. The number of hydrogen-bond donors (Lipinski definition) is 1. The molecule has 6 heteroatoms. The summed E-state index contributed by atoms with van der Waals surface area (Å²) < 4.78 is 1.42. The van der Waals surface area contributed by atoms with Gasteiger partial charge in [-0.15, -0.1) is 0 Å². The Bertz CT molecular complexity index is 586. The van der Waals surface area contributed by atoms with Crippen molar-refractivity contribution in [2.24, 2.45) is 5.41 Å². The highest BCUT2D eigenvalue weighted by Crippen LogP contribution is 2.49. The fourth-order valence-electron chi connectivity index (χ4n) is 3.07. The Morgan fingerprint density at radius 1 is 1.29 bits per heavy atom. The fraction of sp³-hybridized carbons (Fsp3) is 0.667. The van der Waals surface area contributed by atoms with Gasteiger partial charge in [0.05, 0.1) is 24.8 Å². The van der Waals surface area contributed by atoms with Crippen LogP contribution in [0.25, 0.3) is 0 Å². The highest BCUT2D eigenvalue weighted by Gasteiger charge is 2.45. The van der Waals surface area contributed by atoms with Gasteiger partial charge in [0.2, 0.25) is 0 Å². The summed E-state index contributed by atoms with van der Waals surface area (Å²) in [6.07, 6.45) is 7.15. The van der Waals surface area contributed by atoms with Crippen molar-refractivity contribution in [2.75, 3.05) is 18.0 Å². The lowest BCUT2D eigenvalue weighted by Gasteiger charge is -2.28. The third-order valence-electron chi connectivity index (χ3n) is 4.54. The van der Waals surface area contributed by atoms with E-state index in [2.05, 4.69) is 10.00 Å². The second kappa shape index (κ2) is 5.50. The van der Waals surface area contributed by atoms with E-state index >= 15 is 0 Å². The summed E-state index contributed by atoms with van der Waals surface area (Å²) in [7, 11) is 0. The van der Waals surface area contributed by atoms with E-state index in [1.165, 1.54) is 11.1 Å². The summed E-state index contributed by atoms with van der Waals surface area (Å²) in [4.78, 5) is 25.3. The Morgan fingerprint density at radius 3 is 2.57 bits per heavy atom. The Labute approximate surface area is 123 Å². The first kappa shape index (κ1) is 14.1. The second-order valence-electron chi connectivity index (χ2n) is 6.33. The number of piperidine rings is 1. The van der Waals surface area contributed by atoms with Crippen LogP contribution < -0.4 is 10.5 Å². The van der Waals surface area contributed by atoms with Crippen LogP contribution in [0.15, 0.2) is 17.1 Å². The highest BCUT2D eigenvalue weighted by molar-refractivity contribution is 5.68. The van der Waals surface area contributed by atoms with E-state index < -0.39 is 5.97 Å². The third kappa shape index (κ3) is 3.25. The van der Waals surface area contributed by atoms with Gasteiger partial charge in [-0.3, -0.25) is 9.59 Å². The van der Waals surface area contributed by atoms with Crippen LogP contribution in [-0.2, 0) is 11.3 Å². The molecule has 1 saturated heterocycles. The minimum atomic E-state index is -0.800. The van der Waals surface area contributed by atoms with Crippen LogP contribution in [0.2, 0.25) is 0 Å². The molecule has 2 aliphatic rings. The van der Waals surface area contributed by atoms with E-state index in [-0.39, 0.29) is 17.4 Å². The number of anilines is 1. The molecule has 1 aromatic rings. The normalized spacial score (nSPS) is 20.3. The van der Waals surface area contributed by atoms with Crippen LogP contribution in [0.4, 0.5) is 5.69 Å². The molecule has 6 nitrogen and oxygen atoms in total. The van der Waals surface area contributed by atoms with Crippen LogP contribution in [0.1, 0.15) is 38.5 Å². The number of carboxylic acids is 1. The standard InChI is InChI=1S/C15H21N3O3/c19-13-8-12(17-6-2-1-3-7-17)10-16-18(13)11-15(4-5-15)9-14(20)21/h8,10H,1-7,9,11H2,(H,20,21). The summed E-state index contributed by atoms with van der Waals surface area (Å²) in [5, 5.41) is 13.2. The maximum Gasteiger partial charge on any atom is 0.303 e. The predicted molar refractivity (Wildman–Crippen MR) is 78.5 cm³/mol. The SMILES string of the molecule is O=C(O)CC1(Cn2ncc(N3CCCCC3)cc2=O)CC1. The Kier molecular flexibility index (Phi) is 3.69. The number of carboxylic acid groups (broad SMARTS) is 1. The first-order chi connectivity index (χ1) is 10.1. The summed E-state index contributed by atoms with van der Waals surface area (Å²) in [5.41, 5.74) is 0.503. The summed E-state index contributed by atoms with van der Waals surface area (Å²) in [5.74, 6) is -0.800. The quantitative estimate of drug-likeness (QED) is 0.889. The van der Waals surface area contributed by atoms with Crippen molar-refractivity contribution in [3.63, 3.8) is 0 Å². The zero-order valence-corrected chi connectivity index (χ0v) is 12.1. The van der Waals surface area contributed by atoms with Gasteiger partial charge in [-0.1, -0.05) is 0 Å². The van der Waals surface area contributed by atoms with Gasteiger partial charge in [-0.25, -0.2) is 4.68 Å². The van der Waals surface area contributed by atoms with Crippen LogP contribution in [0.5, 0.6) is 0 Å². The van der Waals surface area contributed by atoms with Crippen LogP contribution in [0.3, 0.4) is 0 Å². The van der Waals surface area contributed by atoms with Crippen molar-refractivity contribution in [2.45, 2.75) is 45.1 Å². The van der Waals surface area contributed by atoms with Gasteiger partial charge < -0.3 is 10.0 Å². The molecule has 1 saturated carbocycles. The molecule has 0 atom stereocenters. The van der Waals surface area contributed by atoms with Gasteiger partial charge >= 0.3 is 5.97 Å². The first-order valence-electron chi connectivity index (χ1n) is 7.62. The molecule has 21 heavy (non-hydrogen) atoms. The van der Waals surface area contributed by atoms with Crippen LogP contribution in [-0.4, -0.2) is 33.9 Å². The van der Waals surface area contributed by atoms with Crippen molar-refractivity contribution in [3.8, 4) is 0 Å². The summed E-state index contributed by atoms with van der Waals surface area (Å²) in [6, 6.07) is 1.63. The Hall–Kier alpha value is -1.85. The molecule has 1 N–H and O–H groups in total. The second-order valence-corrected chi connectivity index (χ2v) is 6.33. The zero-order chi connectivity index (χ0) is 14.9. The molecule has 0 radical (unpaired) electrons. The molecule has 0 spiro atoms. The maximum absolute atomic E-state index is 12.2. The van der Waals surface area contributed by atoms with Crippen LogP contribution >= 0.6 is 0 Å². The summed E-state index contributed by atoms with van der Waals surface area (Å²) in [6.45, 7) is 2.38. The molecule has 1 aliphatic heterocycles. The average Bonchev–Trinajstić information content (AvgIpc) is 3.21. The molecule has 2 fully saturated rings. The van der Waals surface area contributed by atoms with Gasteiger partial charge in [0.1, 0.15) is 0 Å². The van der Waals surface area contributed by atoms with Crippen molar-refractivity contribution in [1.82, 2.24) is 9.78 Å². The first-order valence-corrected chi connectivity index (χ1v) is 7.62. The predicted octanol–water partition coefficient (Wildman–Crippen LogP) is 1.49. The number of hydrogen-bond acceptors (Lipinski definition) is 4. The topological polar surface area (TPSA) is 75.4 Å². The molecule has 2 heterocycles. The maximum atomic E-state index is 12.2. The largest absolute Gasteiger partial charge is 0.481 e. The number of aliphatic carboxylic acids is 1. The van der Waals surface area contributed by atoms with Gasteiger partial charge in [0.25, 0.3) is 5.56 Å². The molecular weight excluding hydrogens is 270 g/mol.